The van der Waals surface area contributed by atoms with E-state index in [0.717, 1.165) is 33.4 Å². The van der Waals surface area contributed by atoms with Gasteiger partial charge in [0.1, 0.15) is 12.6 Å². The number of carbonyl (C=O) groups is 2. The average molecular weight is 640 g/mol. The molecular formula is C38H45N3O4S. The number of hydrogen-bond donors (Lipinski definition) is 1. The fourth-order valence-corrected chi connectivity index (χ4v) is 6.84. The summed E-state index contributed by atoms with van der Waals surface area (Å²) in [7, 11) is -4.15. The summed E-state index contributed by atoms with van der Waals surface area (Å²) in [6, 6.07) is 28.6. The fourth-order valence-electron chi connectivity index (χ4n) is 5.44. The molecule has 0 spiro atoms. The maximum absolute atomic E-state index is 14.6. The molecule has 0 saturated carbocycles. The third-order valence-electron chi connectivity index (χ3n) is 7.77. The van der Waals surface area contributed by atoms with Crippen LogP contribution in [0.1, 0.15) is 47.2 Å². The molecule has 0 radical (unpaired) electrons. The lowest BCUT2D eigenvalue weighted by molar-refractivity contribution is -0.140. The van der Waals surface area contributed by atoms with E-state index in [1.165, 1.54) is 9.21 Å². The highest BCUT2D eigenvalue weighted by Gasteiger charge is 2.34. The highest BCUT2D eigenvalue weighted by atomic mass is 32.2. The zero-order valence-electron chi connectivity index (χ0n) is 27.7. The van der Waals surface area contributed by atoms with Crippen LogP contribution in [0.3, 0.4) is 0 Å². The number of hydrogen-bond acceptors (Lipinski definition) is 4. The van der Waals surface area contributed by atoms with Crippen LogP contribution in [0.25, 0.3) is 0 Å². The third-order valence-corrected chi connectivity index (χ3v) is 9.56. The van der Waals surface area contributed by atoms with Gasteiger partial charge in [0.2, 0.25) is 11.8 Å². The van der Waals surface area contributed by atoms with E-state index in [0.29, 0.717) is 12.2 Å². The smallest absolute Gasteiger partial charge is 0.264 e. The van der Waals surface area contributed by atoms with Gasteiger partial charge in [-0.2, -0.15) is 0 Å². The number of anilines is 1. The molecule has 0 heterocycles. The highest BCUT2D eigenvalue weighted by molar-refractivity contribution is 7.92. The van der Waals surface area contributed by atoms with Crippen LogP contribution in [0.2, 0.25) is 0 Å². The van der Waals surface area contributed by atoms with Gasteiger partial charge in [-0.1, -0.05) is 97.8 Å². The Balaban J connectivity index is 1.82. The van der Waals surface area contributed by atoms with E-state index >= 15 is 0 Å². The normalized spacial score (nSPS) is 12.1. The standard InChI is InChI=1S/C38H45N3O4S/c1-27(2)24-39-38(43)36(23-32-12-8-7-9-13-32)40(25-33-14-10-11-29(4)20-33)37(42)26-41(34-21-30(5)19-31(6)22-34)46(44,45)35-17-15-28(3)16-18-35/h7-22,27,36H,23-26H2,1-6H3,(H,39,43)/t36-/m0/s1. The van der Waals surface area contributed by atoms with Gasteiger partial charge in [-0.15, -0.1) is 0 Å². The number of nitrogens with zero attached hydrogens (tertiary/aromatic N) is 2. The van der Waals surface area contributed by atoms with Crippen molar-refractivity contribution >= 4 is 27.5 Å². The first-order chi connectivity index (χ1) is 21.8. The number of carbonyl (C=O) groups excluding carboxylic acids is 2. The third kappa shape index (κ3) is 9.07. The number of amides is 2. The van der Waals surface area contributed by atoms with Crippen LogP contribution in [0.5, 0.6) is 0 Å². The number of sulfonamides is 1. The Morgan fingerprint density at radius 3 is 1.96 bits per heavy atom. The molecule has 242 valence electrons. The van der Waals surface area contributed by atoms with Gasteiger partial charge in [0.15, 0.2) is 0 Å². The van der Waals surface area contributed by atoms with Crippen LogP contribution in [-0.4, -0.2) is 44.3 Å². The van der Waals surface area contributed by atoms with E-state index in [-0.39, 0.29) is 29.7 Å². The van der Waals surface area contributed by atoms with Crippen molar-refractivity contribution in [3.05, 3.63) is 130 Å². The summed E-state index contributed by atoms with van der Waals surface area (Å²) in [5.74, 6) is -0.545. The van der Waals surface area contributed by atoms with Crippen molar-refractivity contribution in [3.63, 3.8) is 0 Å². The van der Waals surface area contributed by atoms with E-state index in [2.05, 4.69) is 5.32 Å². The lowest BCUT2D eigenvalue weighted by atomic mass is 10.0. The molecule has 0 bridgehead atoms. The van der Waals surface area contributed by atoms with Gasteiger partial charge in [-0.25, -0.2) is 8.42 Å². The van der Waals surface area contributed by atoms with Crippen LogP contribution in [0, 0.1) is 33.6 Å². The van der Waals surface area contributed by atoms with E-state index in [4.69, 9.17) is 0 Å². The molecule has 0 saturated heterocycles. The minimum absolute atomic E-state index is 0.0887. The summed E-state index contributed by atoms with van der Waals surface area (Å²) in [6.07, 6.45) is 0.274. The van der Waals surface area contributed by atoms with E-state index in [1.54, 1.807) is 36.4 Å². The molecule has 2 amide bonds. The second-order valence-corrected chi connectivity index (χ2v) is 14.4. The predicted octanol–water partition coefficient (Wildman–Crippen LogP) is 6.53. The molecule has 0 unspecified atom stereocenters. The Morgan fingerprint density at radius 1 is 0.717 bits per heavy atom. The Hall–Kier alpha value is -4.43. The molecule has 46 heavy (non-hydrogen) atoms. The zero-order chi connectivity index (χ0) is 33.4. The molecule has 0 fully saturated rings. The Kier molecular flexibility index (Phi) is 11.4. The lowest BCUT2D eigenvalue weighted by Crippen LogP contribution is -2.53. The van der Waals surface area contributed by atoms with Gasteiger partial charge in [-0.3, -0.25) is 13.9 Å². The van der Waals surface area contributed by atoms with E-state index in [9.17, 15) is 18.0 Å². The first kappa shape index (κ1) is 34.4. The van der Waals surface area contributed by atoms with E-state index in [1.807, 2.05) is 102 Å². The zero-order valence-corrected chi connectivity index (χ0v) is 28.5. The van der Waals surface area contributed by atoms with Crippen LogP contribution < -0.4 is 9.62 Å². The molecule has 1 N–H and O–H groups in total. The molecule has 8 heteroatoms. The second-order valence-electron chi connectivity index (χ2n) is 12.5. The number of benzene rings is 4. The van der Waals surface area contributed by atoms with Gasteiger partial charge < -0.3 is 10.2 Å². The van der Waals surface area contributed by atoms with Crippen LogP contribution in [0.4, 0.5) is 5.69 Å². The Bertz CT molecular complexity index is 1730. The molecule has 0 aliphatic heterocycles. The van der Waals surface area contributed by atoms with Crippen molar-refractivity contribution in [2.45, 2.75) is 65.4 Å². The molecule has 0 aliphatic carbocycles. The molecule has 1 atom stereocenters. The Labute approximate surface area is 274 Å². The van der Waals surface area contributed by atoms with Gasteiger partial charge in [0.05, 0.1) is 10.6 Å². The molecule has 0 aromatic heterocycles. The van der Waals surface area contributed by atoms with E-state index < -0.39 is 28.5 Å². The van der Waals surface area contributed by atoms with Gasteiger partial charge in [0.25, 0.3) is 10.0 Å². The summed E-state index contributed by atoms with van der Waals surface area (Å²) >= 11 is 0. The fraction of sp³-hybridized carbons (Fsp3) is 0.316. The van der Waals surface area contributed by atoms with Crippen LogP contribution in [0.15, 0.2) is 102 Å². The van der Waals surface area contributed by atoms with Crippen molar-refractivity contribution in [2.75, 3.05) is 17.4 Å². The molecular weight excluding hydrogens is 595 g/mol. The SMILES string of the molecule is Cc1ccc(S(=O)(=O)N(CC(=O)N(Cc2cccc(C)c2)[C@@H](Cc2ccccc2)C(=O)NCC(C)C)c2cc(C)cc(C)c2)cc1. The number of rotatable bonds is 13. The van der Waals surface area contributed by atoms with Gasteiger partial charge >= 0.3 is 0 Å². The summed E-state index contributed by atoms with van der Waals surface area (Å²) in [4.78, 5) is 30.2. The van der Waals surface area contributed by atoms with Gasteiger partial charge in [0, 0.05) is 19.5 Å². The second kappa shape index (κ2) is 15.2. The predicted molar refractivity (Wildman–Crippen MR) is 185 cm³/mol. The Morgan fingerprint density at radius 2 is 1.35 bits per heavy atom. The molecule has 0 aliphatic rings. The first-order valence-electron chi connectivity index (χ1n) is 15.7. The summed E-state index contributed by atoms with van der Waals surface area (Å²) < 4.78 is 29.7. The quantitative estimate of drug-likeness (QED) is 0.180. The molecule has 4 rings (SSSR count). The summed E-state index contributed by atoms with van der Waals surface area (Å²) in [5.41, 5.74) is 5.83. The topological polar surface area (TPSA) is 86.8 Å². The lowest BCUT2D eigenvalue weighted by Gasteiger charge is -2.34. The summed E-state index contributed by atoms with van der Waals surface area (Å²) in [5, 5.41) is 3.03. The summed E-state index contributed by atoms with van der Waals surface area (Å²) in [6.45, 7) is 11.8. The van der Waals surface area contributed by atoms with Crippen molar-refractivity contribution in [1.29, 1.82) is 0 Å². The van der Waals surface area contributed by atoms with Crippen molar-refractivity contribution in [3.8, 4) is 0 Å². The van der Waals surface area contributed by atoms with Crippen LogP contribution in [-0.2, 0) is 32.6 Å². The largest absolute Gasteiger partial charge is 0.354 e. The maximum atomic E-state index is 14.6. The average Bonchev–Trinajstić information content (AvgIpc) is 3.00. The minimum Gasteiger partial charge on any atom is -0.354 e. The van der Waals surface area contributed by atoms with Crippen molar-refractivity contribution in [2.24, 2.45) is 5.92 Å². The van der Waals surface area contributed by atoms with Gasteiger partial charge in [-0.05, 0) is 80.1 Å². The first-order valence-corrected chi connectivity index (χ1v) is 17.1. The minimum atomic E-state index is -4.15. The number of aryl methyl sites for hydroxylation is 4. The molecule has 4 aromatic carbocycles. The van der Waals surface area contributed by atoms with Crippen LogP contribution >= 0.6 is 0 Å². The maximum Gasteiger partial charge on any atom is 0.264 e. The number of nitrogens with one attached hydrogen (secondary N) is 1. The van der Waals surface area contributed by atoms with Crippen molar-refractivity contribution in [1.82, 2.24) is 10.2 Å². The van der Waals surface area contributed by atoms with Crippen molar-refractivity contribution < 1.29 is 18.0 Å². The molecule has 4 aromatic rings. The highest BCUT2D eigenvalue weighted by Crippen LogP contribution is 2.27. The molecule has 7 nitrogen and oxygen atoms in total. The monoisotopic (exact) mass is 639 g/mol.